The monoisotopic (exact) mass is 187 g/mol. The van der Waals surface area contributed by atoms with E-state index in [4.69, 9.17) is 0 Å². The van der Waals surface area contributed by atoms with Gasteiger partial charge in [-0.3, -0.25) is 0 Å². The van der Waals surface area contributed by atoms with Gasteiger partial charge in [0.15, 0.2) is 0 Å². The first-order valence-electron chi connectivity index (χ1n) is 5.45. The molecule has 0 aromatic rings. The van der Waals surface area contributed by atoms with Gasteiger partial charge in [-0.2, -0.15) is 0 Å². The maximum Gasteiger partial charge on any atom is 0.00443 e. The maximum absolute atomic E-state index is 2.28. The molecule has 0 heterocycles. The van der Waals surface area contributed by atoms with Crippen molar-refractivity contribution in [3.05, 3.63) is 55.0 Å². The topological polar surface area (TPSA) is 0 Å². The second kappa shape index (κ2) is 8.55. The molecule has 0 atom stereocenters. The van der Waals surface area contributed by atoms with Gasteiger partial charge < -0.3 is 0 Å². The average Bonchev–Trinajstić information content (AvgIpc) is 2.22. The molecule has 1 aliphatic rings. The summed E-state index contributed by atoms with van der Waals surface area (Å²) in [5.74, 6) is 0. The zero-order chi connectivity index (χ0) is 9.90. The van der Waals surface area contributed by atoms with E-state index in [1.165, 1.54) is 19.3 Å². The molecule has 0 heteroatoms. The van der Waals surface area contributed by atoms with Crippen molar-refractivity contribution in [3.63, 3.8) is 0 Å². The first-order valence-corrected chi connectivity index (χ1v) is 5.45. The van der Waals surface area contributed by atoms with Crippen LogP contribution in [-0.4, -0.2) is 0 Å². The van der Waals surface area contributed by atoms with Crippen molar-refractivity contribution >= 4 is 0 Å². The van der Waals surface area contributed by atoms with Crippen LogP contribution >= 0.6 is 0 Å². The molecule has 75 valence electrons. The van der Waals surface area contributed by atoms with Gasteiger partial charge in [0.25, 0.3) is 0 Å². The Kier molecular flexibility index (Phi) is 6.74. The Morgan fingerprint density at radius 2 is 1.14 bits per heavy atom. The lowest BCUT2D eigenvalue weighted by atomic mass is 10.2. The van der Waals surface area contributed by atoms with Crippen molar-refractivity contribution < 1.29 is 0 Å². The molecule has 0 saturated heterocycles. The Hall–Kier alpha value is -1.04. The van der Waals surface area contributed by atoms with Crippen LogP contribution < -0.4 is 0 Å². The van der Waals surface area contributed by atoms with Gasteiger partial charge in [-0.1, -0.05) is 48.6 Å². The Bertz CT molecular complexity index is 204. The summed E-state index contributed by atoms with van der Waals surface area (Å²) in [6.45, 7) is 0. The lowest BCUT2D eigenvalue weighted by molar-refractivity contribution is 0.864. The van der Waals surface area contributed by atoms with E-state index in [9.17, 15) is 0 Å². The van der Waals surface area contributed by atoms with Gasteiger partial charge in [-0.25, -0.2) is 0 Å². The van der Waals surface area contributed by atoms with Gasteiger partial charge in [0.2, 0.25) is 0 Å². The Labute approximate surface area is 87.7 Å². The zero-order valence-electron chi connectivity index (χ0n) is 8.73. The Morgan fingerprint density at radius 3 is 1.71 bits per heavy atom. The fourth-order valence-corrected chi connectivity index (χ4v) is 1.32. The molecular formula is C14H19. The third-order valence-corrected chi connectivity index (χ3v) is 2.11. The summed E-state index contributed by atoms with van der Waals surface area (Å²) in [7, 11) is 0. The molecule has 0 bridgehead atoms. The number of rotatable bonds is 0. The minimum atomic E-state index is 1.06. The molecule has 0 fully saturated rings. The minimum absolute atomic E-state index is 1.06. The Balaban J connectivity index is 2.34. The molecule has 0 N–H and O–H groups in total. The number of allylic oxidation sites excluding steroid dienone is 8. The third kappa shape index (κ3) is 6.47. The molecular weight excluding hydrogens is 168 g/mol. The van der Waals surface area contributed by atoms with Crippen LogP contribution in [0, 0.1) is 6.42 Å². The highest BCUT2D eigenvalue weighted by molar-refractivity contribution is 5.10. The summed E-state index contributed by atoms with van der Waals surface area (Å²) in [6, 6.07) is 0. The van der Waals surface area contributed by atoms with Crippen molar-refractivity contribution in [2.45, 2.75) is 32.1 Å². The molecule has 0 nitrogen and oxygen atoms in total. The van der Waals surface area contributed by atoms with Crippen molar-refractivity contribution in [2.75, 3.05) is 0 Å². The summed E-state index contributed by atoms with van der Waals surface area (Å²) >= 11 is 0. The van der Waals surface area contributed by atoms with Gasteiger partial charge in [0, 0.05) is 6.42 Å². The van der Waals surface area contributed by atoms with Crippen LogP contribution in [0.1, 0.15) is 32.1 Å². The summed E-state index contributed by atoms with van der Waals surface area (Å²) in [4.78, 5) is 0. The van der Waals surface area contributed by atoms with Crippen LogP contribution in [0.25, 0.3) is 0 Å². The van der Waals surface area contributed by atoms with Crippen LogP contribution in [0.5, 0.6) is 0 Å². The van der Waals surface area contributed by atoms with E-state index in [2.05, 4.69) is 55.0 Å². The molecule has 0 aromatic carbocycles. The van der Waals surface area contributed by atoms with Crippen LogP contribution in [0.4, 0.5) is 0 Å². The van der Waals surface area contributed by atoms with Gasteiger partial charge >= 0.3 is 0 Å². The SMILES string of the molecule is [CH]1/C=C/C/C=C\CCC/C=C/C/C=C/1. The van der Waals surface area contributed by atoms with E-state index in [0.717, 1.165) is 12.8 Å². The van der Waals surface area contributed by atoms with Crippen LogP contribution in [0.3, 0.4) is 0 Å². The molecule has 0 unspecified atom stereocenters. The predicted molar refractivity (Wildman–Crippen MR) is 63.9 cm³/mol. The second-order valence-electron chi connectivity index (χ2n) is 3.39. The first kappa shape index (κ1) is 11.0. The zero-order valence-corrected chi connectivity index (χ0v) is 8.73. The standard InChI is InChI=1S/C14H19/c1-2-4-6-8-10-12-14-13-11-9-7-5-3-1/h1-5,8-11H,6-7,12-14H2/b4-2+,5-3+,10-8-,11-9+. The van der Waals surface area contributed by atoms with E-state index in [-0.39, 0.29) is 0 Å². The van der Waals surface area contributed by atoms with Crippen molar-refractivity contribution in [1.82, 2.24) is 0 Å². The minimum Gasteiger partial charge on any atom is -0.0882 e. The molecule has 1 rings (SSSR count). The quantitative estimate of drug-likeness (QED) is 0.494. The van der Waals surface area contributed by atoms with Crippen molar-refractivity contribution in [2.24, 2.45) is 0 Å². The molecule has 14 heavy (non-hydrogen) atoms. The van der Waals surface area contributed by atoms with Crippen molar-refractivity contribution in [1.29, 1.82) is 0 Å². The summed E-state index contributed by atoms with van der Waals surface area (Å²) < 4.78 is 0. The lowest BCUT2D eigenvalue weighted by Gasteiger charge is -1.91. The highest BCUT2D eigenvalue weighted by atomic mass is 13.9. The number of hydrogen-bond donors (Lipinski definition) is 0. The number of hydrogen-bond acceptors (Lipinski definition) is 0. The summed E-state index contributed by atoms with van der Waals surface area (Å²) in [5, 5.41) is 0. The van der Waals surface area contributed by atoms with E-state index in [0.29, 0.717) is 0 Å². The van der Waals surface area contributed by atoms with E-state index in [1.54, 1.807) is 0 Å². The van der Waals surface area contributed by atoms with Crippen molar-refractivity contribution in [3.8, 4) is 0 Å². The van der Waals surface area contributed by atoms with Gasteiger partial charge in [-0.15, -0.1) is 0 Å². The van der Waals surface area contributed by atoms with Gasteiger partial charge in [0.05, 0.1) is 0 Å². The van der Waals surface area contributed by atoms with Gasteiger partial charge in [0.1, 0.15) is 0 Å². The first-order chi connectivity index (χ1) is 7.00. The highest BCUT2D eigenvalue weighted by Crippen LogP contribution is 2.01. The van der Waals surface area contributed by atoms with E-state index < -0.39 is 0 Å². The molecule has 1 aliphatic carbocycles. The molecule has 0 aliphatic heterocycles. The third-order valence-electron chi connectivity index (χ3n) is 2.11. The van der Waals surface area contributed by atoms with E-state index >= 15 is 0 Å². The molecule has 0 aromatic heterocycles. The molecule has 0 amide bonds. The smallest absolute Gasteiger partial charge is 0.00443 e. The summed E-state index contributed by atoms with van der Waals surface area (Å²) in [5.41, 5.74) is 0. The van der Waals surface area contributed by atoms with Gasteiger partial charge in [-0.05, 0) is 32.1 Å². The lowest BCUT2D eigenvalue weighted by Crippen LogP contribution is -1.71. The average molecular weight is 187 g/mol. The Morgan fingerprint density at radius 1 is 0.571 bits per heavy atom. The fourth-order valence-electron chi connectivity index (χ4n) is 1.32. The largest absolute Gasteiger partial charge is 0.0882 e. The maximum atomic E-state index is 2.28. The highest BCUT2D eigenvalue weighted by Gasteiger charge is 1.81. The fraction of sp³-hybridized carbons (Fsp3) is 0.357. The molecule has 0 spiro atoms. The molecule has 1 radical (unpaired) electrons. The normalized spacial score (nSPS) is 28.6. The predicted octanol–water partition coefficient (Wildman–Crippen LogP) is 4.38. The molecule has 0 saturated carbocycles. The second-order valence-corrected chi connectivity index (χ2v) is 3.39. The van der Waals surface area contributed by atoms with Crippen LogP contribution in [-0.2, 0) is 0 Å². The van der Waals surface area contributed by atoms with E-state index in [1.807, 2.05) is 0 Å². The van der Waals surface area contributed by atoms with Crippen LogP contribution in [0.2, 0.25) is 0 Å². The van der Waals surface area contributed by atoms with Crippen LogP contribution in [0.15, 0.2) is 48.6 Å². The summed E-state index contributed by atoms with van der Waals surface area (Å²) in [6.07, 6.45) is 25.5.